The first-order chi connectivity index (χ1) is 16.0. The monoisotopic (exact) mass is 470 g/mol. The smallest absolute Gasteiger partial charge is 0.251 e. The Hall–Kier alpha value is -2.15. The number of hydrogen-bond donors (Lipinski definition) is 3. The molecule has 2 aliphatic rings. The number of hydrogen-bond acceptors (Lipinski definition) is 4. The molecule has 1 aliphatic carbocycles. The Kier molecular flexibility index (Phi) is 7.89. The quantitative estimate of drug-likeness (QED) is 0.522. The van der Waals surface area contributed by atoms with Crippen LogP contribution in [0.25, 0.3) is 10.8 Å². The molecule has 1 saturated carbocycles. The van der Waals surface area contributed by atoms with E-state index in [1.807, 2.05) is 41.3 Å². The van der Waals surface area contributed by atoms with Gasteiger partial charge in [0.2, 0.25) is 5.91 Å². The largest absolute Gasteiger partial charge is 0.350 e. The molecule has 7 heteroatoms. The van der Waals surface area contributed by atoms with Crippen LogP contribution in [0.1, 0.15) is 49.4 Å². The summed E-state index contributed by atoms with van der Waals surface area (Å²) in [7, 11) is 0. The average molecular weight is 471 g/mol. The van der Waals surface area contributed by atoms with Gasteiger partial charge in [-0.3, -0.25) is 9.59 Å². The number of nitrogens with zero attached hydrogens (tertiary/aromatic N) is 1. The van der Waals surface area contributed by atoms with Gasteiger partial charge < -0.3 is 21.3 Å². The maximum Gasteiger partial charge on any atom is 0.251 e. The number of benzene rings is 2. The Labute approximate surface area is 201 Å². The van der Waals surface area contributed by atoms with Crippen molar-refractivity contribution in [2.45, 2.75) is 51.1 Å². The van der Waals surface area contributed by atoms with Gasteiger partial charge in [0.05, 0.1) is 6.04 Å². The van der Waals surface area contributed by atoms with Gasteiger partial charge in [-0.05, 0) is 79.1 Å². The van der Waals surface area contributed by atoms with Crippen molar-refractivity contribution in [1.29, 1.82) is 0 Å². The molecule has 2 aromatic rings. The summed E-state index contributed by atoms with van der Waals surface area (Å²) in [5, 5.41) is 9.19. The second-order valence-electron chi connectivity index (χ2n) is 9.49. The summed E-state index contributed by atoms with van der Waals surface area (Å²) in [4.78, 5) is 28.1. The molecule has 1 aliphatic heterocycles. The van der Waals surface area contributed by atoms with Crippen LogP contribution in [0.3, 0.4) is 0 Å². The third kappa shape index (κ3) is 6.05. The van der Waals surface area contributed by atoms with E-state index in [-0.39, 0.29) is 23.9 Å². The molecule has 0 radical (unpaired) electrons. The van der Waals surface area contributed by atoms with E-state index in [9.17, 15) is 9.59 Å². The zero-order valence-electron chi connectivity index (χ0n) is 19.4. The zero-order chi connectivity index (χ0) is 23.4. The van der Waals surface area contributed by atoms with E-state index in [1.165, 1.54) is 12.8 Å². The molecule has 4 rings (SSSR count). The highest BCUT2D eigenvalue weighted by atomic mass is 35.5. The van der Waals surface area contributed by atoms with Crippen molar-refractivity contribution in [2.75, 3.05) is 26.2 Å². The summed E-state index contributed by atoms with van der Waals surface area (Å²) < 4.78 is 0. The maximum absolute atomic E-state index is 13.2. The minimum absolute atomic E-state index is 0.0275. The van der Waals surface area contributed by atoms with Crippen LogP contribution in [0, 0.1) is 11.8 Å². The van der Waals surface area contributed by atoms with Gasteiger partial charge >= 0.3 is 0 Å². The number of amides is 2. The molecule has 2 fully saturated rings. The lowest BCUT2D eigenvalue weighted by molar-refractivity contribution is -0.133. The number of carbonyl (C=O) groups excluding carboxylic acids is 2. The van der Waals surface area contributed by atoms with E-state index in [1.54, 1.807) is 0 Å². The van der Waals surface area contributed by atoms with Crippen LogP contribution >= 0.6 is 11.6 Å². The van der Waals surface area contributed by atoms with Crippen molar-refractivity contribution in [3.05, 3.63) is 47.0 Å². The molecule has 1 saturated heterocycles. The predicted molar refractivity (Wildman–Crippen MR) is 133 cm³/mol. The van der Waals surface area contributed by atoms with E-state index in [2.05, 4.69) is 17.6 Å². The molecule has 33 heavy (non-hydrogen) atoms. The fraction of sp³-hybridized carbons (Fsp3) is 0.538. The number of rotatable bonds is 9. The van der Waals surface area contributed by atoms with Crippen molar-refractivity contribution in [1.82, 2.24) is 15.5 Å². The SMILES string of the molecule is CCC(CN1CC[C@@H](CNC(=O)c2ccc3cc(Cl)ccc3c2)N[C@@H](CCN)C1=O)C1CC1. The lowest BCUT2D eigenvalue weighted by atomic mass is 9.99. The molecule has 6 nitrogen and oxygen atoms in total. The molecule has 0 bridgehead atoms. The van der Waals surface area contributed by atoms with Gasteiger partial charge in [-0.1, -0.05) is 37.1 Å². The van der Waals surface area contributed by atoms with E-state index < -0.39 is 0 Å². The van der Waals surface area contributed by atoms with Gasteiger partial charge in [0.15, 0.2) is 0 Å². The zero-order valence-corrected chi connectivity index (χ0v) is 20.1. The number of fused-ring (bicyclic) bond motifs is 1. The van der Waals surface area contributed by atoms with Crippen LogP contribution in [0.4, 0.5) is 0 Å². The standard InChI is InChI=1S/C26H35ClN4O2/c1-2-17(18-3-4-18)16-31-12-10-23(30-24(9-11-28)26(31)33)15-29-25(32)21-6-5-20-14-22(27)8-7-19(20)13-21/h5-8,13-14,17-18,23-24,30H,2-4,9-12,15-16,28H2,1H3,(H,29,32)/t17?,23-,24-/m0/s1. The number of carbonyl (C=O) groups is 2. The van der Waals surface area contributed by atoms with Gasteiger partial charge in [-0.2, -0.15) is 0 Å². The Bertz CT molecular complexity index is 993. The predicted octanol–water partition coefficient (Wildman–Crippen LogP) is 3.57. The first kappa shape index (κ1) is 24.0. The van der Waals surface area contributed by atoms with E-state index in [0.717, 1.165) is 36.1 Å². The van der Waals surface area contributed by atoms with Crippen LogP contribution in [-0.4, -0.2) is 55.0 Å². The Morgan fingerprint density at radius 2 is 1.97 bits per heavy atom. The van der Waals surface area contributed by atoms with Crippen molar-refractivity contribution >= 4 is 34.2 Å². The van der Waals surface area contributed by atoms with E-state index in [4.69, 9.17) is 17.3 Å². The molecule has 2 aromatic carbocycles. The Morgan fingerprint density at radius 1 is 1.21 bits per heavy atom. The van der Waals surface area contributed by atoms with Crippen molar-refractivity contribution in [3.8, 4) is 0 Å². The minimum Gasteiger partial charge on any atom is -0.350 e. The van der Waals surface area contributed by atoms with Crippen molar-refractivity contribution in [2.24, 2.45) is 17.6 Å². The molecule has 3 atom stereocenters. The number of nitrogens with one attached hydrogen (secondary N) is 2. The fourth-order valence-electron chi connectivity index (χ4n) is 4.94. The molecule has 1 unspecified atom stereocenters. The summed E-state index contributed by atoms with van der Waals surface area (Å²) in [6.45, 7) is 4.70. The summed E-state index contributed by atoms with van der Waals surface area (Å²) >= 11 is 6.06. The lowest BCUT2D eigenvalue weighted by Gasteiger charge is -2.28. The maximum atomic E-state index is 13.2. The van der Waals surface area contributed by atoms with Crippen LogP contribution in [-0.2, 0) is 4.79 Å². The summed E-state index contributed by atoms with van der Waals surface area (Å²) in [6, 6.07) is 11.0. The Balaban J connectivity index is 1.38. The molecule has 4 N–H and O–H groups in total. The third-order valence-corrected chi connectivity index (χ3v) is 7.33. The first-order valence-corrected chi connectivity index (χ1v) is 12.6. The van der Waals surface area contributed by atoms with Gasteiger partial charge in [0.25, 0.3) is 5.91 Å². The molecule has 1 heterocycles. The molecule has 0 spiro atoms. The van der Waals surface area contributed by atoms with Crippen molar-refractivity contribution < 1.29 is 9.59 Å². The minimum atomic E-state index is -0.290. The van der Waals surface area contributed by atoms with Gasteiger partial charge in [-0.25, -0.2) is 0 Å². The van der Waals surface area contributed by atoms with Crippen LogP contribution in [0.2, 0.25) is 5.02 Å². The molecular formula is C26H35ClN4O2. The van der Waals surface area contributed by atoms with Crippen molar-refractivity contribution in [3.63, 3.8) is 0 Å². The molecular weight excluding hydrogens is 436 g/mol. The molecule has 178 valence electrons. The Morgan fingerprint density at radius 3 is 2.70 bits per heavy atom. The third-order valence-electron chi connectivity index (χ3n) is 7.09. The van der Waals surface area contributed by atoms with Crippen LogP contribution in [0.15, 0.2) is 36.4 Å². The van der Waals surface area contributed by atoms with Crippen LogP contribution in [0.5, 0.6) is 0 Å². The number of halogens is 1. The highest BCUT2D eigenvalue weighted by molar-refractivity contribution is 6.31. The number of nitrogens with two attached hydrogens (primary N) is 1. The fourth-order valence-corrected chi connectivity index (χ4v) is 5.12. The summed E-state index contributed by atoms with van der Waals surface area (Å²) in [5.74, 6) is 1.41. The summed E-state index contributed by atoms with van der Waals surface area (Å²) in [5.41, 5.74) is 6.43. The van der Waals surface area contributed by atoms with Gasteiger partial charge in [0.1, 0.15) is 0 Å². The lowest BCUT2D eigenvalue weighted by Crippen LogP contribution is -2.50. The van der Waals surface area contributed by atoms with E-state index >= 15 is 0 Å². The second-order valence-corrected chi connectivity index (χ2v) is 9.92. The van der Waals surface area contributed by atoms with Crippen LogP contribution < -0.4 is 16.4 Å². The highest BCUT2D eigenvalue weighted by Crippen LogP contribution is 2.39. The van der Waals surface area contributed by atoms with Gasteiger partial charge in [0, 0.05) is 36.3 Å². The second kappa shape index (κ2) is 10.9. The van der Waals surface area contributed by atoms with E-state index in [0.29, 0.717) is 42.6 Å². The first-order valence-electron chi connectivity index (χ1n) is 12.2. The molecule has 2 amide bonds. The highest BCUT2D eigenvalue weighted by Gasteiger charge is 2.35. The summed E-state index contributed by atoms with van der Waals surface area (Å²) in [6.07, 6.45) is 5.11. The average Bonchev–Trinajstić information content (AvgIpc) is 3.66. The normalized spacial score (nSPS) is 22.3. The van der Waals surface area contributed by atoms with Gasteiger partial charge in [-0.15, -0.1) is 0 Å². The topological polar surface area (TPSA) is 87.5 Å². The molecule has 0 aromatic heterocycles.